The molecule has 1 aliphatic heterocycles. The summed E-state index contributed by atoms with van der Waals surface area (Å²) in [6.45, 7) is -0.681. The Morgan fingerprint density at radius 2 is 1.42 bits per heavy atom. The molecule has 226 valence electrons. The molecule has 1 fully saturated rings. The molecule has 3 aromatic carbocycles. The predicted octanol–water partition coefficient (Wildman–Crippen LogP) is 5.15. The molecule has 0 unspecified atom stereocenters. The second-order valence-electron chi connectivity index (χ2n) is 10.6. The van der Waals surface area contributed by atoms with Crippen molar-refractivity contribution >= 4 is 29.1 Å². The summed E-state index contributed by atoms with van der Waals surface area (Å²) in [5.74, 6) is -1.64. The van der Waals surface area contributed by atoms with Gasteiger partial charge in [-0.05, 0) is 60.9 Å². The van der Waals surface area contributed by atoms with Crippen molar-refractivity contribution in [1.82, 2.24) is 10.6 Å². The van der Waals surface area contributed by atoms with Gasteiger partial charge in [0.25, 0.3) is 11.8 Å². The molecule has 0 bridgehead atoms. The normalized spacial score (nSPS) is 18.0. The number of hydrogen-bond acceptors (Lipinski definition) is 4. The molecule has 2 N–H and O–H groups in total. The van der Waals surface area contributed by atoms with Gasteiger partial charge in [0.1, 0.15) is 11.6 Å². The molecule has 1 heterocycles. The number of fused-ring (bicyclic) bond motifs is 1. The quantitative estimate of drug-likeness (QED) is 0.382. The molecule has 0 radical (unpaired) electrons. The van der Waals surface area contributed by atoms with Crippen molar-refractivity contribution in [2.45, 2.75) is 43.3 Å². The van der Waals surface area contributed by atoms with Gasteiger partial charge in [-0.1, -0.05) is 30.3 Å². The third-order valence-corrected chi connectivity index (χ3v) is 7.52. The number of hydrogen-bond donors (Lipinski definition) is 2. The number of nitrogens with one attached hydrogen (secondary N) is 2. The largest absolute Gasteiger partial charge is 0.416 e. The van der Waals surface area contributed by atoms with Crippen molar-refractivity contribution in [1.29, 1.82) is 0 Å². The predicted molar refractivity (Wildman–Crippen MR) is 145 cm³/mol. The van der Waals surface area contributed by atoms with Crippen LogP contribution in [0.25, 0.3) is 0 Å². The van der Waals surface area contributed by atoms with Gasteiger partial charge in [-0.15, -0.1) is 0 Å². The van der Waals surface area contributed by atoms with Crippen LogP contribution in [0.1, 0.15) is 39.9 Å². The highest BCUT2D eigenvalue weighted by Gasteiger charge is 2.52. The molecule has 3 aromatic rings. The average Bonchev–Trinajstić information content (AvgIpc) is 3.76. The Bertz CT molecular complexity index is 1520. The molecular weight excluding hydrogens is 578 g/mol. The number of likely N-dealkylation sites (N-methyl/N-ethyl adjacent to an activating group) is 1. The van der Waals surface area contributed by atoms with E-state index in [0.29, 0.717) is 41.9 Å². The van der Waals surface area contributed by atoms with Crippen LogP contribution in [0, 0.1) is 0 Å². The number of benzene rings is 3. The molecule has 1 aliphatic carbocycles. The SMILES string of the molecule is CN1C(=O)[C@H](NC(=O)C2(NC(=O)c3ccccc3)CC2)CN(Cc2cc(C(F)(F)F)cc(C(F)(F)F)c2)c2ccccc21. The van der Waals surface area contributed by atoms with Crippen molar-refractivity contribution < 1.29 is 40.7 Å². The molecule has 13 heteroatoms. The number of halogens is 6. The maximum absolute atomic E-state index is 13.5. The first-order chi connectivity index (χ1) is 20.2. The number of nitrogens with zero attached hydrogens (tertiary/aromatic N) is 2. The smallest absolute Gasteiger partial charge is 0.363 e. The highest BCUT2D eigenvalue weighted by Crippen LogP contribution is 2.39. The van der Waals surface area contributed by atoms with Gasteiger partial charge >= 0.3 is 12.4 Å². The minimum atomic E-state index is -5.03. The first kappa shape index (κ1) is 29.9. The summed E-state index contributed by atoms with van der Waals surface area (Å²) >= 11 is 0. The summed E-state index contributed by atoms with van der Waals surface area (Å²) in [6, 6.07) is 14.8. The molecule has 5 rings (SSSR count). The zero-order valence-electron chi connectivity index (χ0n) is 22.7. The zero-order chi connectivity index (χ0) is 31.2. The molecule has 1 saturated carbocycles. The number of para-hydroxylation sites is 2. The third kappa shape index (κ3) is 6.30. The molecule has 3 amide bonds. The molecule has 0 spiro atoms. The number of rotatable bonds is 6. The Balaban J connectivity index is 1.44. The summed E-state index contributed by atoms with van der Waals surface area (Å²) < 4.78 is 81.2. The number of carbonyl (C=O) groups excluding carboxylic acids is 3. The van der Waals surface area contributed by atoms with Crippen LogP contribution in [0.4, 0.5) is 37.7 Å². The monoisotopic (exact) mass is 604 g/mol. The van der Waals surface area contributed by atoms with E-state index in [4.69, 9.17) is 0 Å². The highest BCUT2D eigenvalue weighted by atomic mass is 19.4. The minimum absolute atomic E-state index is 0.0546. The first-order valence-corrected chi connectivity index (χ1v) is 13.3. The Morgan fingerprint density at radius 1 is 0.860 bits per heavy atom. The van der Waals surface area contributed by atoms with Gasteiger partial charge < -0.3 is 20.4 Å². The fourth-order valence-electron chi connectivity index (χ4n) is 5.06. The van der Waals surface area contributed by atoms with Gasteiger partial charge in [0.2, 0.25) is 5.91 Å². The van der Waals surface area contributed by atoms with Crippen LogP contribution < -0.4 is 20.4 Å². The number of amides is 3. The van der Waals surface area contributed by atoms with Crippen molar-refractivity contribution in [3.8, 4) is 0 Å². The van der Waals surface area contributed by atoms with Crippen molar-refractivity contribution in [2.24, 2.45) is 0 Å². The number of alkyl halides is 6. The van der Waals surface area contributed by atoms with Gasteiger partial charge in [0, 0.05) is 25.7 Å². The van der Waals surface area contributed by atoms with Gasteiger partial charge in [0.05, 0.1) is 22.5 Å². The van der Waals surface area contributed by atoms with E-state index in [9.17, 15) is 40.7 Å². The van der Waals surface area contributed by atoms with E-state index in [2.05, 4.69) is 10.6 Å². The number of anilines is 2. The molecule has 2 aliphatic rings. The third-order valence-electron chi connectivity index (χ3n) is 7.52. The Morgan fingerprint density at radius 3 is 1.98 bits per heavy atom. The van der Waals surface area contributed by atoms with Gasteiger partial charge in [0.15, 0.2) is 0 Å². The summed E-state index contributed by atoms with van der Waals surface area (Å²) in [5, 5.41) is 5.40. The fraction of sp³-hybridized carbons (Fsp3) is 0.300. The van der Waals surface area contributed by atoms with Crippen molar-refractivity contribution in [3.05, 3.63) is 95.1 Å². The van der Waals surface area contributed by atoms with Crippen LogP contribution in [0.5, 0.6) is 0 Å². The number of carbonyl (C=O) groups is 3. The van der Waals surface area contributed by atoms with E-state index in [-0.39, 0.29) is 18.2 Å². The van der Waals surface area contributed by atoms with E-state index in [0.717, 1.165) is 0 Å². The van der Waals surface area contributed by atoms with Crippen LogP contribution >= 0.6 is 0 Å². The van der Waals surface area contributed by atoms with E-state index in [1.165, 1.54) is 16.8 Å². The maximum Gasteiger partial charge on any atom is 0.416 e. The lowest BCUT2D eigenvalue weighted by atomic mass is 10.0. The lowest BCUT2D eigenvalue weighted by molar-refractivity contribution is -0.143. The van der Waals surface area contributed by atoms with E-state index in [1.807, 2.05) is 0 Å². The molecule has 0 aromatic heterocycles. The Hall–Kier alpha value is -4.55. The van der Waals surface area contributed by atoms with Crippen LogP contribution in [0.3, 0.4) is 0 Å². The van der Waals surface area contributed by atoms with Crippen molar-refractivity contribution in [3.63, 3.8) is 0 Å². The van der Waals surface area contributed by atoms with Gasteiger partial charge in [-0.25, -0.2) is 0 Å². The Labute approximate surface area is 242 Å². The van der Waals surface area contributed by atoms with E-state index < -0.39 is 59.3 Å². The molecule has 43 heavy (non-hydrogen) atoms. The maximum atomic E-state index is 13.5. The first-order valence-electron chi connectivity index (χ1n) is 13.3. The van der Waals surface area contributed by atoms with Crippen LogP contribution in [0.2, 0.25) is 0 Å². The summed E-state index contributed by atoms with van der Waals surface area (Å²) in [6.07, 6.45) is -9.41. The van der Waals surface area contributed by atoms with Crippen LogP contribution in [0.15, 0.2) is 72.8 Å². The summed E-state index contributed by atoms with van der Waals surface area (Å²) in [5.41, 5.74) is -3.38. The average molecular weight is 605 g/mol. The topological polar surface area (TPSA) is 81.8 Å². The van der Waals surface area contributed by atoms with Gasteiger partial charge in [-0.2, -0.15) is 26.3 Å². The molecule has 1 atom stereocenters. The van der Waals surface area contributed by atoms with Gasteiger partial charge in [-0.3, -0.25) is 14.4 Å². The van der Waals surface area contributed by atoms with Crippen LogP contribution in [-0.4, -0.2) is 42.9 Å². The zero-order valence-corrected chi connectivity index (χ0v) is 22.7. The summed E-state index contributed by atoms with van der Waals surface area (Å²) in [4.78, 5) is 42.4. The van der Waals surface area contributed by atoms with E-state index >= 15 is 0 Å². The minimum Gasteiger partial charge on any atom is -0.363 e. The lowest BCUT2D eigenvalue weighted by Gasteiger charge is -2.28. The summed E-state index contributed by atoms with van der Waals surface area (Å²) in [7, 11) is 1.46. The fourth-order valence-corrected chi connectivity index (χ4v) is 5.06. The van der Waals surface area contributed by atoms with E-state index in [1.54, 1.807) is 54.6 Å². The standard InChI is InChI=1S/C30H26F6N4O3/c1-39-23-9-5-6-10-24(23)40(16-18-13-20(29(31,32)33)15-21(14-18)30(34,35)36)17-22(26(39)42)37-27(43)28(11-12-28)38-25(41)19-7-3-2-4-8-19/h2-10,13-15,22H,11-12,16-17H2,1H3,(H,37,43)(H,38,41)/t22-/m1/s1. The highest BCUT2D eigenvalue weighted by molar-refractivity contribution is 6.05. The lowest BCUT2D eigenvalue weighted by Crippen LogP contribution is -2.57. The van der Waals surface area contributed by atoms with Crippen LogP contribution in [-0.2, 0) is 28.5 Å². The van der Waals surface area contributed by atoms with Crippen molar-refractivity contribution in [2.75, 3.05) is 23.4 Å². The molecular formula is C30H26F6N4O3. The Kier molecular flexibility index (Phi) is 7.61. The second-order valence-corrected chi connectivity index (χ2v) is 10.6. The molecule has 7 nitrogen and oxygen atoms in total. The molecule has 0 saturated heterocycles. The second kappa shape index (κ2) is 10.9.